The van der Waals surface area contributed by atoms with E-state index in [1.165, 1.54) is 0 Å². The number of carbonyl (C=O) groups is 1. The van der Waals surface area contributed by atoms with Crippen LogP contribution in [0.2, 0.25) is 0 Å². The van der Waals surface area contributed by atoms with Gasteiger partial charge in [-0.05, 0) is 0 Å². The third kappa shape index (κ3) is 2.33. The van der Waals surface area contributed by atoms with E-state index >= 15 is 0 Å². The van der Waals surface area contributed by atoms with E-state index in [1.807, 2.05) is 51.5 Å². The van der Waals surface area contributed by atoms with E-state index < -0.39 is 12.0 Å². The highest BCUT2D eigenvalue weighted by Crippen LogP contribution is 2.21. The SMILES string of the molecule is C[N+](C)(C)[C@H](C(=O)[O-])c1ccccc1. The first-order valence-electron chi connectivity index (χ1n) is 4.50. The Hall–Kier alpha value is -1.35. The van der Waals surface area contributed by atoms with Crippen LogP contribution < -0.4 is 5.11 Å². The molecule has 0 N–H and O–H groups in total. The maximum atomic E-state index is 11.0. The van der Waals surface area contributed by atoms with Gasteiger partial charge >= 0.3 is 0 Å². The van der Waals surface area contributed by atoms with E-state index in [1.54, 1.807) is 0 Å². The van der Waals surface area contributed by atoms with E-state index in [4.69, 9.17) is 0 Å². The van der Waals surface area contributed by atoms with Crippen molar-refractivity contribution in [2.45, 2.75) is 6.04 Å². The van der Waals surface area contributed by atoms with Gasteiger partial charge in [0, 0.05) is 5.56 Å². The Labute approximate surface area is 84.2 Å². The van der Waals surface area contributed by atoms with Crippen molar-refractivity contribution < 1.29 is 14.4 Å². The minimum absolute atomic E-state index is 0.326. The zero-order valence-corrected chi connectivity index (χ0v) is 8.73. The molecule has 0 fully saturated rings. The van der Waals surface area contributed by atoms with E-state index in [9.17, 15) is 9.90 Å². The summed E-state index contributed by atoms with van der Waals surface area (Å²) in [6, 6.07) is 8.54. The van der Waals surface area contributed by atoms with E-state index in [2.05, 4.69) is 0 Å². The zero-order valence-electron chi connectivity index (χ0n) is 8.73. The van der Waals surface area contributed by atoms with Gasteiger partial charge in [0.05, 0.1) is 21.1 Å². The molecule has 0 aromatic heterocycles. The lowest BCUT2D eigenvalue weighted by Gasteiger charge is -2.34. The second kappa shape index (κ2) is 3.80. The summed E-state index contributed by atoms with van der Waals surface area (Å²) >= 11 is 0. The minimum Gasteiger partial charge on any atom is -0.544 e. The molecular weight excluding hydrogens is 178 g/mol. The van der Waals surface area contributed by atoms with Crippen molar-refractivity contribution in [1.82, 2.24) is 0 Å². The lowest BCUT2D eigenvalue weighted by atomic mass is 10.1. The van der Waals surface area contributed by atoms with Crippen LogP contribution in [0.4, 0.5) is 0 Å². The van der Waals surface area contributed by atoms with Crippen LogP contribution in [0.25, 0.3) is 0 Å². The number of hydrogen-bond donors (Lipinski definition) is 0. The molecule has 0 aliphatic heterocycles. The topological polar surface area (TPSA) is 40.1 Å². The van der Waals surface area contributed by atoms with Crippen molar-refractivity contribution >= 4 is 5.97 Å². The van der Waals surface area contributed by atoms with Crippen molar-refractivity contribution in [3.8, 4) is 0 Å². The number of likely N-dealkylation sites (N-methyl/N-ethyl adjacent to an activating group) is 1. The van der Waals surface area contributed by atoms with Gasteiger partial charge in [-0.3, -0.25) is 0 Å². The number of hydrogen-bond acceptors (Lipinski definition) is 2. The lowest BCUT2D eigenvalue weighted by molar-refractivity contribution is -0.895. The molecule has 1 rings (SSSR count). The molecule has 1 aromatic rings. The Bertz CT molecular complexity index is 314. The minimum atomic E-state index is -1.04. The standard InChI is InChI=1S/C11H15NO2/c1-12(2,3)10(11(13)14)9-7-5-4-6-8-9/h4-8,10H,1-3H3/t10-/m0/s1. The van der Waals surface area contributed by atoms with Crippen molar-refractivity contribution in [2.24, 2.45) is 0 Å². The Morgan fingerprint density at radius 1 is 1.21 bits per heavy atom. The van der Waals surface area contributed by atoms with Gasteiger partial charge in [0.1, 0.15) is 5.97 Å². The average molecular weight is 193 g/mol. The summed E-state index contributed by atoms with van der Waals surface area (Å²) in [6.07, 6.45) is 0. The predicted molar refractivity (Wildman–Crippen MR) is 52.2 cm³/mol. The fraction of sp³-hybridized carbons (Fsp3) is 0.364. The monoisotopic (exact) mass is 193 g/mol. The highest BCUT2D eigenvalue weighted by molar-refractivity contribution is 5.72. The predicted octanol–water partition coefficient (Wildman–Crippen LogP) is 0.184. The van der Waals surface area contributed by atoms with Crippen LogP contribution in [0, 0.1) is 0 Å². The molecule has 0 radical (unpaired) electrons. The molecule has 0 saturated heterocycles. The second-order valence-electron chi connectivity index (χ2n) is 4.25. The van der Waals surface area contributed by atoms with Crippen LogP contribution in [0.15, 0.2) is 30.3 Å². The number of benzene rings is 1. The summed E-state index contributed by atoms with van der Waals surface area (Å²) < 4.78 is 0.326. The van der Waals surface area contributed by atoms with Gasteiger partial charge in [-0.2, -0.15) is 0 Å². The van der Waals surface area contributed by atoms with Crippen molar-refractivity contribution in [2.75, 3.05) is 21.1 Å². The summed E-state index contributed by atoms with van der Waals surface area (Å²) in [5.41, 5.74) is 0.778. The largest absolute Gasteiger partial charge is 0.544 e. The van der Waals surface area contributed by atoms with Gasteiger partial charge in [0.15, 0.2) is 6.04 Å². The molecule has 0 heterocycles. The van der Waals surface area contributed by atoms with Crippen molar-refractivity contribution in [1.29, 1.82) is 0 Å². The van der Waals surface area contributed by atoms with Gasteiger partial charge in [0.2, 0.25) is 0 Å². The van der Waals surface area contributed by atoms with Crippen LogP contribution >= 0.6 is 0 Å². The highest BCUT2D eigenvalue weighted by Gasteiger charge is 2.26. The molecule has 14 heavy (non-hydrogen) atoms. The Balaban J connectivity index is 3.08. The Morgan fingerprint density at radius 3 is 2.07 bits per heavy atom. The fourth-order valence-electron chi connectivity index (χ4n) is 1.53. The summed E-state index contributed by atoms with van der Waals surface area (Å²) in [5, 5.41) is 11.0. The number of quaternary nitrogens is 1. The number of nitrogens with zero attached hydrogens (tertiary/aromatic N) is 1. The summed E-state index contributed by atoms with van der Waals surface area (Å²) in [6.45, 7) is 0. The number of carboxylic acid groups (broad SMARTS) is 1. The average Bonchev–Trinajstić information content (AvgIpc) is 2.02. The summed E-state index contributed by atoms with van der Waals surface area (Å²) in [4.78, 5) is 11.0. The zero-order chi connectivity index (χ0) is 10.8. The molecular formula is C11H15NO2. The Kier molecular flexibility index (Phi) is 2.91. The second-order valence-corrected chi connectivity index (χ2v) is 4.25. The molecule has 0 spiro atoms. The van der Waals surface area contributed by atoms with Gasteiger partial charge < -0.3 is 14.4 Å². The normalized spacial score (nSPS) is 13.6. The first kappa shape index (κ1) is 10.7. The maximum absolute atomic E-state index is 11.0. The molecule has 0 saturated carbocycles. The quantitative estimate of drug-likeness (QED) is 0.643. The maximum Gasteiger partial charge on any atom is 0.154 e. The Morgan fingerprint density at radius 2 is 1.71 bits per heavy atom. The summed E-state index contributed by atoms with van der Waals surface area (Å²) in [5.74, 6) is -1.04. The fourth-order valence-corrected chi connectivity index (χ4v) is 1.53. The van der Waals surface area contributed by atoms with Crippen LogP contribution in [0.1, 0.15) is 11.6 Å². The van der Waals surface area contributed by atoms with Gasteiger partial charge in [0.25, 0.3) is 0 Å². The summed E-state index contributed by atoms with van der Waals surface area (Å²) in [7, 11) is 5.52. The molecule has 76 valence electrons. The number of rotatable bonds is 3. The van der Waals surface area contributed by atoms with E-state index in [0.717, 1.165) is 5.56 Å². The van der Waals surface area contributed by atoms with Crippen LogP contribution in [-0.4, -0.2) is 31.6 Å². The van der Waals surface area contributed by atoms with Crippen LogP contribution in [0.3, 0.4) is 0 Å². The van der Waals surface area contributed by atoms with E-state index in [-0.39, 0.29) is 0 Å². The third-order valence-electron chi connectivity index (χ3n) is 2.11. The molecule has 3 nitrogen and oxygen atoms in total. The molecule has 0 bridgehead atoms. The van der Waals surface area contributed by atoms with Gasteiger partial charge in [-0.25, -0.2) is 0 Å². The first-order valence-corrected chi connectivity index (χ1v) is 4.50. The van der Waals surface area contributed by atoms with Crippen molar-refractivity contribution in [3.63, 3.8) is 0 Å². The molecule has 0 unspecified atom stereocenters. The van der Waals surface area contributed by atoms with Gasteiger partial charge in [-0.1, -0.05) is 30.3 Å². The number of carbonyl (C=O) groups excluding carboxylic acids is 1. The molecule has 1 atom stereocenters. The van der Waals surface area contributed by atoms with Crippen LogP contribution in [-0.2, 0) is 4.79 Å². The molecule has 0 aliphatic rings. The van der Waals surface area contributed by atoms with E-state index in [0.29, 0.717) is 4.48 Å². The lowest BCUT2D eigenvalue weighted by Crippen LogP contribution is -2.48. The molecule has 1 aromatic carbocycles. The number of carboxylic acids is 1. The first-order chi connectivity index (χ1) is 6.43. The number of aliphatic carboxylic acids is 1. The molecule has 3 heteroatoms. The van der Waals surface area contributed by atoms with Gasteiger partial charge in [-0.15, -0.1) is 0 Å². The smallest absolute Gasteiger partial charge is 0.154 e. The molecule has 0 amide bonds. The van der Waals surface area contributed by atoms with Crippen LogP contribution in [0.5, 0.6) is 0 Å². The van der Waals surface area contributed by atoms with Crippen molar-refractivity contribution in [3.05, 3.63) is 35.9 Å². The third-order valence-corrected chi connectivity index (χ3v) is 2.11. The highest BCUT2D eigenvalue weighted by atomic mass is 16.4. The molecule has 0 aliphatic carbocycles.